The summed E-state index contributed by atoms with van der Waals surface area (Å²) in [6.07, 6.45) is 7.81. The zero-order chi connectivity index (χ0) is 18.4. The minimum Gasteiger partial charge on any atom is -0.352 e. The number of rotatable bonds is 4. The second-order valence-electron chi connectivity index (χ2n) is 6.56. The molecule has 0 radical (unpaired) electrons. The third-order valence-electron chi connectivity index (χ3n) is 4.77. The highest BCUT2D eigenvalue weighted by molar-refractivity contribution is 5.94. The van der Waals surface area contributed by atoms with Crippen molar-refractivity contribution in [2.45, 2.75) is 38.3 Å². The first-order chi connectivity index (χ1) is 12.6. The Hall–Kier alpha value is -2.89. The molecule has 6 heteroatoms. The fourth-order valence-electron chi connectivity index (χ4n) is 3.40. The van der Waals surface area contributed by atoms with Crippen LogP contribution in [0, 0.1) is 0 Å². The second kappa shape index (κ2) is 8.47. The normalized spacial score (nSPS) is 17.4. The summed E-state index contributed by atoms with van der Waals surface area (Å²) in [4.78, 5) is 30.0. The van der Waals surface area contributed by atoms with Crippen LogP contribution in [-0.4, -0.2) is 28.4 Å². The number of hydrogen-bond acceptors (Lipinski definition) is 3. The maximum Gasteiger partial charge on any atom is 0.312 e. The smallest absolute Gasteiger partial charge is 0.312 e. The number of nitrogens with two attached hydrogens (primary N) is 1. The summed E-state index contributed by atoms with van der Waals surface area (Å²) in [7, 11) is 0. The van der Waals surface area contributed by atoms with E-state index < -0.39 is 6.03 Å². The van der Waals surface area contributed by atoms with Gasteiger partial charge in [0.25, 0.3) is 5.91 Å². The van der Waals surface area contributed by atoms with E-state index in [1.807, 2.05) is 41.3 Å². The van der Waals surface area contributed by atoms with E-state index in [9.17, 15) is 9.59 Å². The van der Waals surface area contributed by atoms with Gasteiger partial charge < -0.3 is 16.0 Å². The number of carbonyl (C=O) groups excluding carboxylic acids is 2. The van der Waals surface area contributed by atoms with Crippen molar-refractivity contribution in [3.05, 3.63) is 65.5 Å². The molecule has 0 spiro atoms. The molecule has 3 rings (SSSR count). The maximum absolute atomic E-state index is 13.1. The topological polar surface area (TPSA) is 88.3 Å². The molecule has 0 bridgehead atoms. The minimum atomic E-state index is -0.560. The quantitative estimate of drug-likeness (QED) is 0.886. The van der Waals surface area contributed by atoms with Crippen LogP contribution < -0.4 is 11.1 Å². The molecular weight excluding hydrogens is 328 g/mol. The molecule has 2 heterocycles. The first-order valence-corrected chi connectivity index (χ1v) is 8.98. The summed E-state index contributed by atoms with van der Waals surface area (Å²) in [5, 5.41) is 2.55. The molecule has 1 aromatic heterocycles. The van der Waals surface area contributed by atoms with Gasteiger partial charge >= 0.3 is 6.03 Å². The summed E-state index contributed by atoms with van der Waals surface area (Å²) in [5.41, 5.74) is 7.79. The van der Waals surface area contributed by atoms with Gasteiger partial charge in [-0.05, 0) is 48.2 Å². The van der Waals surface area contributed by atoms with E-state index in [0.29, 0.717) is 12.1 Å². The number of pyridine rings is 1. The third-order valence-corrected chi connectivity index (χ3v) is 4.77. The standard InChI is InChI=1S/C20H24N4O2/c21-20(26)23-14-15-5-7-17(8-6-15)19(25)24-13-3-1-2-4-18(24)16-9-11-22-12-10-16/h5-12,18H,1-4,13-14H2,(H3,21,23,26). The number of hydrogen-bond donors (Lipinski definition) is 2. The Kier molecular flexibility index (Phi) is 5.84. The predicted octanol–water partition coefficient (Wildman–Crippen LogP) is 3.01. The Morgan fingerprint density at radius 1 is 1.08 bits per heavy atom. The van der Waals surface area contributed by atoms with Crippen LogP contribution in [-0.2, 0) is 6.54 Å². The Bertz CT molecular complexity index is 746. The first-order valence-electron chi connectivity index (χ1n) is 8.98. The SMILES string of the molecule is NC(=O)NCc1ccc(C(=O)N2CCCCCC2c2ccncc2)cc1. The van der Waals surface area contributed by atoms with Crippen molar-refractivity contribution in [1.29, 1.82) is 0 Å². The minimum absolute atomic E-state index is 0.0446. The van der Waals surface area contributed by atoms with Gasteiger partial charge in [0, 0.05) is 31.0 Å². The maximum atomic E-state index is 13.1. The summed E-state index contributed by atoms with van der Waals surface area (Å²) in [6, 6.07) is 10.8. The van der Waals surface area contributed by atoms with Gasteiger partial charge in [0.2, 0.25) is 0 Å². The number of primary amides is 1. The average Bonchev–Trinajstić information content (AvgIpc) is 2.93. The van der Waals surface area contributed by atoms with E-state index in [-0.39, 0.29) is 11.9 Å². The Morgan fingerprint density at radius 3 is 2.50 bits per heavy atom. The molecule has 1 saturated heterocycles. The lowest BCUT2D eigenvalue weighted by atomic mass is 10.0. The van der Waals surface area contributed by atoms with Crippen LogP contribution in [0.25, 0.3) is 0 Å². The van der Waals surface area contributed by atoms with Crippen molar-refractivity contribution in [2.24, 2.45) is 5.73 Å². The van der Waals surface area contributed by atoms with Gasteiger partial charge in [-0.1, -0.05) is 25.0 Å². The van der Waals surface area contributed by atoms with Gasteiger partial charge in [0.05, 0.1) is 6.04 Å². The number of urea groups is 1. The lowest BCUT2D eigenvalue weighted by Crippen LogP contribution is -2.34. The van der Waals surface area contributed by atoms with E-state index in [2.05, 4.69) is 10.3 Å². The lowest BCUT2D eigenvalue weighted by Gasteiger charge is -2.30. The predicted molar refractivity (Wildman–Crippen MR) is 99.3 cm³/mol. The fraction of sp³-hybridized carbons (Fsp3) is 0.350. The number of aromatic nitrogens is 1. The van der Waals surface area contributed by atoms with Crippen molar-refractivity contribution < 1.29 is 9.59 Å². The molecular formula is C20H24N4O2. The Labute approximate surface area is 153 Å². The van der Waals surface area contributed by atoms with Gasteiger partial charge in [-0.15, -0.1) is 0 Å². The first kappa shape index (κ1) is 17.9. The van der Waals surface area contributed by atoms with E-state index in [0.717, 1.165) is 43.4 Å². The Morgan fingerprint density at radius 2 is 1.81 bits per heavy atom. The molecule has 1 fully saturated rings. The molecule has 0 aliphatic carbocycles. The molecule has 3 N–H and O–H groups in total. The fourth-order valence-corrected chi connectivity index (χ4v) is 3.40. The molecule has 1 aliphatic rings. The van der Waals surface area contributed by atoms with Gasteiger partial charge in [-0.25, -0.2) is 4.79 Å². The summed E-state index contributed by atoms with van der Waals surface area (Å²) in [5.74, 6) is 0.0446. The largest absolute Gasteiger partial charge is 0.352 e. The van der Waals surface area contributed by atoms with Crippen molar-refractivity contribution in [3.63, 3.8) is 0 Å². The van der Waals surface area contributed by atoms with E-state index in [1.54, 1.807) is 12.4 Å². The van der Waals surface area contributed by atoms with Crippen molar-refractivity contribution in [2.75, 3.05) is 6.54 Å². The van der Waals surface area contributed by atoms with E-state index in [1.165, 1.54) is 0 Å². The molecule has 1 atom stereocenters. The zero-order valence-corrected chi connectivity index (χ0v) is 14.7. The summed E-state index contributed by atoms with van der Waals surface area (Å²) in [6.45, 7) is 1.12. The van der Waals surface area contributed by atoms with Crippen molar-refractivity contribution in [1.82, 2.24) is 15.2 Å². The van der Waals surface area contributed by atoms with Gasteiger partial charge in [-0.3, -0.25) is 9.78 Å². The molecule has 136 valence electrons. The van der Waals surface area contributed by atoms with Crippen LogP contribution in [0.1, 0.15) is 53.2 Å². The average molecular weight is 352 g/mol. The molecule has 6 nitrogen and oxygen atoms in total. The number of nitrogens with zero attached hydrogens (tertiary/aromatic N) is 2. The molecule has 1 aromatic carbocycles. The van der Waals surface area contributed by atoms with Gasteiger partial charge in [-0.2, -0.15) is 0 Å². The number of benzene rings is 1. The molecule has 2 aromatic rings. The van der Waals surface area contributed by atoms with Crippen molar-refractivity contribution >= 4 is 11.9 Å². The Balaban J connectivity index is 1.78. The summed E-state index contributed by atoms with van der Waals surface area (Å²) >= 11 is 0. The van der Waals surface area contributed by atoms with Crippen LogP contribution >= 0.6 is 0 Å². The monoisotopic (exact) mass is 352 g/mol. The number of nitrogens with one attached hydrogen (secondary N) is 1. The number of amides is 3. The molecule has 3 amide bonds. The highest BCUT2D eigenvalue weighted by Gasteiger charge is 2.27. The highest BCUT2D eigenvalue weighted by Crippen LogP contribution is 2.31. The van der Waals surface area contributed by atoms with E-state index >= 15 is 0 Å². The van der Waals surface area contributed by atoms with Crippen LogP contribution in [0.2, 0.25) is 0 Å². The zero-order valence-electron chi connectivity index (χ0n) is 14.7. The van der Waals surface area contributed by atoms with Gasteiger partial charge in [0.1, 0.15) is 0 Å². The molecule has 1 unspecified atom stereocenters. The van der Waals surface area contributed by atoms with Gasteiger partial charge in [0.15, 0.2) is 0 Å². The molecule has 26 heavy (non-hydrogen) atoms. The van der Waals surface area contributed by atoms with Crippen LogP contribution in [0.4, 0.5) is 4.79 Å². The van der Waals surface area contributed by atoms with Crippen LogP contribution in [0.5, 0.6) is 0 Å². The molecule has 1 aliphatic heterocycles. The number of carbonyl (C=O) groups is 2. The highest BCUT2D eigenvalue weighted by atomic mass is 16.2. The molecule has 0 saturated carbocycles. The second-order valence-corrected chi connectivity index (χ2v) is 6.56. The van der Waals surface area contributed by atoms with Crippen molar-refractivity contribution in [3.8, 4) is 0 Å². The number of likely N-dealkylation sites (tertiary alicyclic amines) is 1. The van der Waals surface area contributed by atoms with Crippen LogP contribution in [0.3, 0.4) is 0 Å². The van der Waals surface area contributed by atoms with Crippen LogP contribution in [0.15, 0.2) is 48.8 Å². The summed E-state index contributed by atoms with van der Waals surface area (Å²) < 4.78 is 0. The van der Waals surface area contributed by atoms with E-state index in [4.69, 9.17) is 5.73 Å². The third kappa shape index (κ3) is 4.39. The lowest BCUT2D eigenvalue weighted by molar-refractivity contribution is 0.0681.